The normalized spacial score (nSPS) is 14.2. The summed E-state index contributed by atoms with van der Waals surface area (Å²) in [5.74, 6) is -2.09. The fourth-order valence-corrected chi connectivity index (χ4v) is 4.10. The second kappa shape index (κ2) is 6.62. The number of rotatable bonds is 4. The van der Waals surface area contributed by atoms with E-state index in [1.54, 1.807) is 10.3 Å². The number of hydrogen-bond donors (Lipinski definition) is 3. The molecule has 0 atom stereocenters. The molecular formula is C18H13FN6O4S. The van der Waals surface area contributed by atoms with Crippen molar-refractivity contribution in [1.82, 2.24) is 24.7 Å². The number of nitrogens with zero attached hydrogens (tertiary/aromatic N) is 4. The van der Waals surface area contributed by atoms with Gasteiger partial charge in [-0.1, -0.05) is 0 Å². The number of pyridine rings is 2. The second-order valence-corrected chi connectivity index (χ2v) is 7.72. The molecule has 12 heteroatoms. The molecule has 1 saturated heterocycles. The average Bonchev–Trinajstić information content (AvgIpc) is 3.34. The summed E-state index contributed by atoms with van der Waals surface area (Å²) in [6, 6.07) is 2.47. The minimum absolute atomic E-state index is 0.0105. The van der Waals surface area contributed by atoms with Crippen molar-refractivity contribution in [3.8, 4) is 5.13 Å². The number of H-pyrrole nitrogens is 2. The van der Waals surface area contributed by atoms with Crippen molar-refractivity contribution in [2.75, 3.05) is 18.0 Å². The Morgan fingerprint density at radius 2 is 2.07 bits per heavy atom. The number of anilines is 1. The Morgan fingerprint density at radius 1 is 1.27 bits per heavy atom. The number of thiazole rings is 1. The molecule has 10 nitrogen and oxygen atoms in total. The molecule has 0 radical (unpaired) electrons. The van der Waals surface area contributed by atoms with Gasteiger partial charge in [-0.25, -0.2) is 19.2 Å². The van der Waals surface area contributed by atoms with Gasteiger partial charge in [0.2, 0.25) is 5.43 Å². The van der Waals surface area contributed by atoms with Crippen molar-refractivity contribution in [2.45, 2.75) is 5.92 Å². The van der Waals surface area contributed by atoms with Crippen LogP contribution in [0.25, 0.3) is 16.2 Å². The highest BCUT2D eigenvalue weighted by Crippen LogP contribution is 2.32. The number of carboxylic acid groups (broad SMARTS) is 1. The van der Waals surface area contributed by atoms with Crippen molar-refractivity contribution in [2.24, 2.45) is 0 Å². The van der Waals surface area contributed by atoms with Crippen molar-refractivity contribution in [1.29, 1.82) is 0 Å². The van der Waals surface area contributed by atoms with E-state index in [-0.39, 0.29) is 28.3 Å². The average molecular weight is 428 g/mol. The summed E-state index contributed by atoms with van der Waals surface area (Å²) in [6.45, 7) is 0.857. The summed E-state index contributed by atoms with van der Waals surface area (Å²) >= 11 is 1.23. The lowest BCUT2D eigenvalue weighted by atomic mass is 9.96. The monoisotopic (exact) mass is 428 g/mol. The van der Waals surface area contributed by atoms with Crippen LogP contribution in [-0.2, 0) is 0 Å². The molecule has 1 aliphatic rings. The van der Waals surface area contributed by atoms with Crippen molar-refractivity contribution in [3.05, 3.63) is 67.6 Å². The molecule has 5 heterocycles. The van der Waals surface area contributed by atoms with Crippen LogP contribution in [0.5, 0.6) is 0 Å². The smallest absolute Gasteiger partial charge is 0.341 e. The van der Waals surface area contributed by atoms with E-state index in [4.69, 9.17) is 0 Å². The maximum Gasteiger partial charge on any atom is 0.341 e. The van der Waals surface area contributed by atoms with Crippen LogP contribution in [0, 0.1) is 5.82 Å². The number of aromatic amines is 2. The molecule has 0 amide bonds. The fraction of sp³-hybridized carbons (Fsp3) is 0.167. The van der Waals surface area contributed by atoms with Gasteiger partial charge < -0.3 is 15.1 Å². The van der Waals surface area contributed by atoms with Crippen LogP contribution in [0.3, 0.4) is 0 Å². The lowest BCUT2D eigenvalue weighted by Crippen LogP contribution is -2.46. The highest BCUT2D eigenvalue weighted by molar-refractivity contribution is 7.12. The molecule has 1 aliphatic heterocycles. The van der Waals surface area contributed by atoms with E-state index >= 15 is 0 Å². The summed E-state index contributed by atoms with van der Waals surface area (Å²) in [5, 5.41) is 16.6. The third-order valence-corrected chi connectivity index (χ3v) is 5.78. The minimum Gasteiger partial charge on any atom is -0.477 e. The van der Waals surface area contributed by atoms with Gasteiger partial charge in [0.25, 0.3) is 5.56 Å². The number of nitrogens with one attached hydrogen (secondary N) is 2. The zero-order valence-electron chi connectivity index (χ0n) is 15.1. The summed E-state index contributed by atoms with van der Waals surface area (Å²) in [6.07, 6.45) is 2.69. The van der Waals surface area contributed by atoms with Gasteiger partial charge in [-0.15, -0.1) is 11.3 Å². The molecule has 152 valence electrons. The van der Waals surface area contributed by atoms with Crippen LogP contribution in [0.1, 0.15) is 22.0 Å². The van der Waals surface area contributed by atoms with Gasteiger partial charge in [0.1, 0.15) is 5.56 Å². The molecule has 0 aliphatic carbocycles. The number of hydrogen-bond acceptors (Lipinski definition) is 7. The standard InChI is InChI=1S/C18H13FN6O4S/c19-11-3-9-14(27)10(17(28)29)7-25(18-20-1-2-30-18)15(9)21-16(11)24-5-8(6-24)12-4-13(26)23-22-12/h1-4,7-8H,5-6H2,(H,28,29)(H2,22,23,26). The van der Waals surface area contributed by atoms with E-state index in [0.717, 1.165) is 18.0 Å². The van der Waals surface area contributed by atoms with Gasteiger partial charge in [-0.2, -0.15) is 0 Å². The first-order valence-corrected chi connectivity index (χ1v) is 9.72. The topological polar surface area (TPSA) is 137 Å². The van der Waals surface area contributed by atoms with E-state index in [2.05, 4.69) is 20.2 Å². The Kier molecular flexibility index (Phi) is 4.03. The molecular weight excluding hydrogens is 415 g/mol. The predicted octanol–water partition coefficient (Wildman–Crippen LogP) is 1.30. The van der Waals surface area contributed by atoms with Gasteiger partial charge in [0, 0.05) is 48.5 Å². The molecule has 1 fully saturated rings. The molecule has 0 bridgehead atoms. The third-order valence-electron chi connectivity index (χ3n) is 5.01. The first-order chi connectivity index (χ1) is 14.4. The highest BCUT2D eigenvalue weighted by atomic mass is 32.1. The Hall–Kier alpha value is -3.80. The number of fused-ring (bicyclic) bond motifs is 1. The second-order valence-electron chi connectivity index (χ2n) is 6.84. The van der Waals surface area contributed by atoms with Crippen molar-refractivity contribution in [3.63, 3.8) is 0 Å². The first-order valence-electron chi connectivity index (χ1n) is 8.84. The first kappa shape index (κ1) is 18.2. The third kappa shape index (κ3) is 2.80. The fourth-order valence-electron chi connectivity index (χ4n) is 3.48. The summed E-state index contributed by atoms with van der Waals surface area (Å²) in [7, 11) is 0. The van der Waals surface area contributed by atoms with Gasteiger partial charge in [0.15, 0.2) is 22.4 Å². The Balaban J connectivity index is 1.62. The largest absolute Gasteiger partial charge is 0.477 e. The lowest BCUT2D eigenvalue weighted by Gasteiger charge is -2.39. The highest BCUT2D eigenvalue weighted by Gasteiger charge is 2.33. The van der Waals surface area contributed by atoms with E-state index in [1.165, 1.54) is 28.2 Å². The van der Waals surface area contributed by atoms with E-state index < -0.39 is 22.8 Å². The summed E-state index contributed by atoms with van der Waals surface area (Å²) < 4.78 is 16.2. The van der Waals surface area contributed by atoms with Crippen LogP contribution in [0.15, 0.2) is 39.5 Å². The molecule has 5 rings (SSSR count). The van der Waals surface area contributed by atoms with E-state index in [9.17, 15) is 23.9 Å². The number of aromatic carboxylic acids is 1. The zero-order valence-corrected chi connectivity index (χ0v) is 15.9. The van der Waals surface area contributed by atoms with E-state index in [0.29, 0.717) is 18.2 Å². The Labute approximate surface area is 170 Å². The molecule has 0 saturated carbocycles. The van der Waals surface area contributed by atoms with Crippen molar-refractivity contribution >= 4 is 34.2 Å². The van der Waals surface area contributed by atoms with Crippen LogP contribution in [0.2, 0.25) is 0 Å². The number of halogens is 1. The molecule has 4 aromatic heterocycles. The quantitative estimate of drug-likeness (QED) is 0.446. The summed E-state index contributed by atoms with van der Waals surface area (Å²) in [4.78, 5) is 45.6. The Morgan fingerprint density at radius 3 is 2.70 bits per heavy atom. The van der Waals surface area contributed by atoms with Gasteiger partial charge in [-0.3, -0.25) is 19.3 Å². The predicted molar refractivity (Wildman–Crippen MR) is 106 cm³/mol. The Bertz CT molecular complexity index is 1400. The van der Waals surface area contributed by atoms with Crippen LogP contribution < -0.4 is 15.9 Å². The molecule has 0 spiro atoms. The van der Waals surface area contributed by atoms with E-state index in [1.807, 2.05) is 0 Å². The minimum atomic E-state index is -1.41. The van der Waals surface area contributed by atoms with Gasteiger partial charge in [-0.05, 0) is 6.07 Å². The van der Waals surface area contributed by atoms with Gasteiger partial charge >= 0.3 is 5.97 Å². The molecule has 30 heavy (non-hydrogen) atoms. The maximum atomic E-state index is 14.8. The molecule has 4 aromatic rings. The summed E-state index contributed by atoms with van der Waals surface area (Å²) in [5.41, 5.74) is -0.694. The zero-order chi connectivity index (χ0) is 21.0. The lowest BCUT2D eigenvalue weighted by molar-refractivity contribution is 0.0695. The van der Waals surface area contributed by atoms with Crippen LogP contribution >= 0.6 is 11.3 Å². The number of carbonyl (C=O) groups is 1. The molecule has 3 N–H and O–H groups in total. The molecule has 0 unspecified atom stereocenters. The van der Waals surface area contributed by atoms with Crippen LogP contribution in [0.4, 0.5) is 10.2 Å². The number of carboxylic acids is 1. The molecule has 0 aromatic carbocycles. The maximum absolute atomic E-state index is 14.8. The van der Waals surface area contributed by atoms with Crippen molar-refractivity contribution < 1.29 is 14.3 Å². The van der Waals surface area contributed by atoms with Gasteiger partial charge in [0.05, 0.1) is 5.39 Å². The SMILES string of the molecule is O=C(O)c1cn(-c2nccs2)c2nc(N3CC(c4cc(=O)[nH][nH]4)C3)c(F)cc2c1=O. The van der Waals surface area contributed by atoms with Crippen LogP contribution in [-0.4, -0.2) is 48.9 Å². The number of aromatic nitrogens is 5.